The summed E-state index contributed by atoms with van der Waals surface area (Å²) < 4.78 is 38.2. The lowest BCUT2D eigenvalue weighted by Gasteiger charge is -2.20. The van der Waals surface area contributed by atoms with E-state index in [-0.39, 0.29) is 10.6 Å². The van der Waals surface area contributed by atoms with Crippen LogP contribution in [0.3, 0.4) is 0 Å². The molecule has 8 nitrogen and oxygen atoms in total. The summed E-state index contributed by atoms with van der Waals surface area (Å²) in [5.41, 5.74) is 1.77. The number of sulfonamides is 1. The number of amides is 1. The molecule has 0 fully saturated rings. The number of carbonyl (C=O) groups excluding carboxylic acids is 1. The summed E-state index contributed by atoms with van der Waals surface area (Å²) in [7, 11) is -2.26. The van der Waals surface area contributed by atoms with Gasteiger partial charge in [0.05, 0.1) is 35.0 Å². The van der Waals surface area contributed by atoms with Crippen molar-refractivity contribution in [2.75, 3.05) is 25.5 Å². The minimum absolute atomic E-state index is 0.0724. The van der Waals surface area contributed by atoms with Crippen LogP contribution >= 0.6 is 0 Å². The maximum Gasteiger partial charge on any atom is 0.256 e. The summed E-state index contributed by atoms with van der Waals surface area (Å²) in [5, 5.41) is 3.48. The number of rotatable bonds is 8. The lowest BCUT2D eigenvalue weighted by atomic mass is 10.1. The van der Waals surface area contributed by atoms with Crippen molar-refractivity contribution in [1.82, 2.24) is 9.29 Å². The molecule has 2 heterocycles. The highest BCUT2D eigenvalue weighted by Gasteiger charge is 2.24. The number of nitrogens with one attached hydrogen (secondary N) is 1. The minimum atomic E-state index is -3.72. The molecule has 34 heavy (non-hydrogen) atoms. The van der Waals surface area contributed by atoms with Gasteiger partial charge in [-0.25, -0.2) is 13.4 Å². The van der Waals surface area contributed by atoms with Crippen LogP contribution in [0.5, 0.6) is 5.75 Å². The van der Waals surface area contributed by atoms with Crippen molar-refractivity contribution in [2.45, 2.75) is 18.7 Å². The molecule has 0 radical (unpaired) electrons. The number of ether oxygens (including phenoxy) is 1. The Bertz CT molecular complexity index is 1430. The van der Waals surface area contributed by atoms with Gasteiger partial charge in [0.25, 0.3) is 5.91 Å². The van der Waals surface area contributed by atoms with Crippen molar-refractivity contribution in [3.8, 4) is 17.2 Å². The van der Waals surface area contributed by atoms with E-state index < -0.39 is 15.9 Å². The average Bonchev–Trinajstić information content (AvgIpc) is 3.39. The third-order valence-electron chi connectivity index (χ3n) is 5.50. The molecule has 0 aliphatic heterocycles. The van der Waals surface area contributed by atoms with Gasteiger partial charge in [-0.15, -0.1) is 0 Å². The molecule has 2 aromatic carbocycles. The Morgan fingerprint density at radius 3 is 2.50 bits per heavy atom. The monoisotopic (exact) mass is 479 g/mol. The third-order valence-corrected chi connectivity index (χ3v) is 7.54. The molecule has 1 amide bonds. The Kier molecular flexibility index (Phi) is 6.67. The number of methoxy groups -OCH3 is 1. The fourth-order valence-electron chi connectivity index (χ4n) is 3.76. The number of aromatic nitrogens is 1. The first-order chi connectivity index (χ1) is 16.4. The average molecular weight is 480 g/mol. The Hall–Kier alpha value is -3.69. The molecule has 0 bridgehead atoms. The normalized spacial score (nSPS) is 11.6. The van der Waals surface area contributed by atoms with E-state index in [0.29, 0.717) is 46.8 Å². The first kappa shape index (κ1) is 23.5. The number of hydrogen-bond acceptors (Lipinski definition) is 6. The molecule has 4 rings (SSSR count). The molecule has 176 valence electrons. The summed E-state index contributed by atoms with van der Waals surface area (Å²) in [6, 6.07) is 16.9. The number of benzene rings is 2. The van der Waals surface area contributed by atoms with Gasteiger partial charge in [0, 0.05) is 18.5 Å². The van der Waals surface area contributed by atoms with Crippen LogP contribution in [0.1, 0.15) is 24.2 Å². The van der Waals surface area contributed by atoms with Crippen LogP contribution in [-0.2, 0) is 10.0 Å². The number of carbonyl (C=O) groups is 1. The maximum absolute atomic E-state index is 13.4. The Balaban J connectivity index is 1.77. The molecule has 0 atom stereocenters. The van der Waals surface area contributed by atoms with Crippen molar-refractivity contribution in [1.29, 1.82) is 0 Å². The van der Waals surface area contributed by atoms with E-state index in [0.717, 1.165) is 0 Å². The number of furan rings is 1. The first-order valence-corrected chi connectivity index (χ1v) is 12.3. The maximum atomic E-state index is 13.4. The van der Waals surface area contributed by atoms with Crippen LogP contribution in [0.4, 0.5) is 5.69 Å². The molecule has 4 aromatic rings. The molecule has 0 aliphatic rings. The van der Waals surface area contributed by atoms with Crippen LogP contribution in [0.2, 0.25) is 0 Å². The zero-order valence-electron chi connectivity index (χ0n) is 19.1. The van der Waals surface area contributed by atoms with Gasteiger partial charge in [0.15, 0.2) is 5.76 Å². The summed E-state index contributed by atoms with van der Waals surface area (Å²) in [6.45, 7) is 4.23. The van der Waals surface area contributed by atoms with Gasteiger partial charge < -0.3 is 14.5 Å². The fraction of sp³-hybridized carbons (Fsp3) is 0.200. The highest BCUT2D eigenvalue weighted by atomic mass is 32.2. The van der Waals surface area contributed by atoms with Crippen LogP contribution in [0.25, 0.3) is 22.4 Å². The zero-order valence-corrected chi connectivity index (χ0v) is 19.9. The lowest BCUT2D eigenvalue weighted by Crippen LogP contribution is -2.30. The van der Waals surface area contributed by atoms with E-state index in [1.807, 2.05) is 24.3 Å². The number of nitrogens with zero attached hydrogens (tertiary/aromatic N) is 2. The Labute approximate surface area is 198 Å². The van der Waals surface area contributed by atoms with Gasteiger partial charge in [-0.3, -0.25) is 4.79 Å². The SMILES string of the molecule is CCN(CC)S(=O)(=O)c1ccc(OC)c(NC(=O)c2cc(-c3ccco3)nc3ccccc23)c1. The molecule has 0 saturated carbocycles. The molecule has 0 saturated heterocycles. The highest BCUT2D eigenvalue weighted by Crippen LogP contribution is 2.31. The molecular formula is C25H25N3O5S. The lowest BCUT2D eigenvalue weighted by molar-refractivity contribution is 0.102. The number of pyridine rings is 1. The van der Waals surface area contributed by atoms with E-state index in [1.54, 1.807) is 38.3 Å². The van der Waals surface area contributed by atoms with E-state index in [2.05, 4.69) is 10.3 Å². The van der Waals surface area contributed by atoms with Gasteiger partial charge in [0.2, 0.25) is 10.0 Å². The molecule has 0 spiro atoms. The highest BCUT2D eigenvalue weighted by molar-refractivity contribution is 7.89. The van der Waals surface area contributed by atoms with Crippen molar-refractivity contribution in [3.05, 3.63) is 72.5 Å². The second kappa shape index (κ2) is 9.66. The van der Waals surface area contributed by atoms with E-state index in [9.17, 15) is 13.2 Å². The van der Waals surface area contributed by atoms with Gasteiger partial charge in [-0.2, -0.15) is 4.31 Å². The standard InChI is InChI=1S/C25H25N3O5S/c1-4-28(5-2)34(30,31)17-12-13-23(32-3)21(15-17)27-25(29)19-16-22(24-11-8-14-33-24)26-20-10-7-6-9-18(19)20/h6-16H,4-5H2,1-3H3,(H,27,29). The topological polar surface area (TPSA) is 102 Å². The van der Waals surface area contributed by atoms with Crippen molar-refractivity contribution in [3.63, 3.8) is 0 Å². The van der Waals surface area contributed by atoms with E-state index in [1.165, 1.54) is 29.6 Å². The predicted octanol–water partition coefficient (Wildman–Crippen LogP) is 4.79. The first-order valence-electron chi connectivity index (χ1n) is 10.8. The number of para-hydroxylation sites is 1. The largest absolute Gasteiger partial charge is 0.495 e. The number of anilines is 1. The quantitative estimate of drug-likeness (QED) is 0.390. The van der Waals surface area contributed by atoms with E-state index in [4.69, 9.17) is 9.15 Å². The molecular weight excluding hydrogens is 454 g/mol. The third kappa shape index (κ3) is 4.40. The molecule has 0 aliphatic carbocycles. The van der Waals surface area contributed by atoms with Crippen molar-refractivity contribution in [2.24, 2.45) is 0 Å². The molecule has 9 heteroatoms. The van der Waals surface area contributed by atoms with Crippen LogP contribution in [0.15, 0.2) is 76.2 Å². The van der Waals surface area contributed by atoms with Gasteiger partial charge in [-0.05, 0) is 42.5 Å². The van der Waals surface area contributed by atoms with Crippen LogP contribution in [0, 0.1) is 0 Å². The molecule has 2 aromatic heterocycles. The van der Waals surface area contributed by atoms with Crippen molar-refractivity contribution >= 4 is 32.5 Å². The molecule has 0 unspecified atom stereocenters. The van der Waals surface area contributed by atoms with Crippen molar-refractivity contribution < 1.29 is 22.4 Å². The minimum Gasteiger partial charge on any atom is -0.495 e. The second-order valence-corrected chi connectivity index (χ2v) is 9.39. The number of fused-ring (bicyclic) bond motifs is 1. The smallest absolute Gasteiger partial charge is 0.256 e. The van der Waals surface area contributed by atoms with Crippen LogP contribution in [-0.4, -0.2) is 43.8 Å². The Morgan fingerprint density at radius 2 is 1.82 bits per heavy atom. The van der Waals surface area contributed by atoms with Gasteiger partial charge in [0.1, 0.15) is 11.4 Å². The summed E-state index contributed by atoms with van der Waals surface area (Å²) in [6.07, 6.45) is 1.54. The zero-order chi connectivity index (χ0) is 24.3. The summed E-state index contributed by atoms with van der Waals surface area (Å²) in [4.78, 5) is 18.1. The van der Waals surface area contributed by atoms with Gasteiger partial charge in [-0.1, -0.05) is 32.0 Å². The fourth-order valence-corrected chi connectivity index (χ4v) is 5.25. The summed E-state index contributed by atoms with van der Waals surface area (Å²) in [5.74, 6) is 0.447. The summed E-state index contributed by atoms with van der Waals surface area (Å²) >= 11 is 0. The predicted molar refractivity (Wildman–Crippen MR) is 130 cm³/mol. The number of hydrogen-bond donors (Lipinski definition) is 1. The molecule has 1 N–H and O–H groups in total. The van der Waals surface area contributed by atoms with Crippen LogP contribution < -0.4 is 10.1 Å². The van der Waals surface area contributed by atoms with E-state index >= 15 is 0 Å². The van der Waals surface area contributed by atoms with Gasteiger partial charge >= 0.3 is 0 Å². The second-order valence-electron chi connectivity index (χ2n) is 7.46. The Morgan fingerprint density at radius 1 is 1.06 bits per heavy atom.